The van der Waals surface area contributed by atoms with Crippen molar-refractivity contribution in [1.82, 2.24) is 10.3 Å². The number of aliphatic hydroxyl groups is 1. The molecule has 4 rings (SSSR count). The molecule has 0 saturated heterocycles. The van der Waals surface area contributed by atoms with E-state index < -0.39 is 0 Å². The molecule has 1 heterocycles. The minimum atomic E-state index is -0.312. The maximum absolute atomic E-state index is 13.1. The zero-order chi connectivity index (χ0) is 24.6. The Morgan fingerprint density at radius 1 is 1.03 bits per heavy atom. The summed E-state index contributed by atoms with van der Waals surface area (Å²) in [6.45, 7) is 2.14. The number of para-hydroxylation sites is 1. The number of carbonyl (C=O) groups is 1. The first-order chi connectivity index (χ1) is 17.1. The van der Waals surface area contributed by atoms with Crippen LogP contribution in [0.15, 0.2) is 84.9 Å². The van der Waals surface area contributed by atoms with Crippen LogP contribution in [0.2, 0.25) is 5.02 Å². The lowest BCUT2D eigenvalue weighted by Gasteiger charge is -2.16. The van der Waals surface area contributed by atoms with Gasteiger partial charge in [0.2, 0.25) is 0 Å². The van der Waals surface area contributed by atoms with Crippen molar-refractivity contribution in [3.63, 3.8) is 0 Å². The Bertz CT molecular complexity index is 1310. The van der Waals surface area contributed by atoms with Crippen molar-refractivity contribution in [1.29, 1.82) is 0 Å². The highest BCUT2D eigenvalue weighted by atomic mass is 35.5. The molecule has 0 radical (unpaired) electrons. The molecule has 5 nitrogen and oxygen atoms in total. The Balaban J connectivity index is 1.53. The molecule has 1 amide bonds. The highest BCUT2D eigenvalue weighted by Crippen LogP contribution is 2.23. The molecule has 1 unspecified atom stereocenters. The number of amides is 1. The van der Waals surface area contributed by atoms with E-state index in [1.54, 1.807) is 12.1 Å². The summed E-state index contributed by atoms with van der Waals surface area (Å²) in [5, 5.41) is 14.1. The van der Waals surface area contributed by atoms with E-state index in [1.807, 2.05) is 85.8 Å². The van der Waals surface area contributed by atoms with E-state index in [4.69, 9.17) is 16.3 Å². The standard InChI is InChI=1S/C29H27ClN2O3/c1-2-24(18-33)32-29(34)27(17-20-7-12-23(30)13-8-20)21-10-15-26(16-11-21)35-19-25-14-9-22-5-3-4-6-28(22)31-25/h3-17,24,33H,2,18-19H2,1H3,(H,32,34). The number of hydrogen-bond acceptors (Lipinski definition) is 4. The van der Waals surface area contributed by atoms with Crippen molar-refractivity contribution >= 4 is 40.1 Å². The van der Waals surface area contributed by atoms with E-state index in [0.29, 0.717) is 29.4 Å². The molecule has 0 aliphatic rings. The summed E-state index contributed by atoms with van der Waals surface area (Å²) < 4.78 is 5.94. The first-order valence-electron chi connectivity index (χ1n) is 11.5. The Morgan fingerprint density at radius 3 is 2.49 bits per heavy atom. The number of aliphatic hydroxyl groups excluding tert-OH is 1. The second-order valence-electron chi connectivity index (χ2n) is 8.18. The van der Waals surface area contributed by atoms with Gasteiger partial charge in [-0.25, -0.2) is 4.98 Å². The van der Waals surface area contributed by atoms with Crippen LogP contribution in [0.25, 0.3) is 22.6 Å². The van der Waals surface area contributed by atoms with E-state index in [1.165, 1.54) is 0 Å². The van der Waals surface area contributed by atoms with Crippen molar-refractivity contribution in [2.24, 2.45) is 0 Å². The minimum absolute atomic E-state index is 0.119. The molecule has 0 saturated carbocycles. The topological polar surface area (TPSA) is 71.5 Å². The quantitative estimate of drug-likeness (QED) is 0.228. The Morgan fingerprint density at radius 2 is 1.77 bits per heavy atom. The van der Waals surface area contributed by atoms with Crippen LogP contribution in [0.3, 0.4) is 0 Å². The average molecular weight is 487 g/mol. The fourth-order valence-corrected chi connectivity index (χ4v) is 3.75. The third-order valence-electron chi connectivity index (χ3n) is 5.68. The smallest absolute Gasteiger partial charge is 0.252 e. The van der Waals surface area contributed by atoms with Crippen LogP contribution in [0, 0.1) is 0 Å². The van der Waals surface area contributed by atoms with Gasteiger partial charge in [-0.1, -0.05) is 67.1 Å². The van der Waals surface area contributed by atoms with Gasteiger partial charge in [-0.3, -0.25) is 4.79 Å². The summed E-state index contributed by atoms with van der Waals surface area (Å²) in [5.41, 5.74) is 3.84. The van der Waals surface area contributed by atoms with E-state index in [0.717, 1.165) is 27.7 Å². The predicted octanol–water partition coefficient (Wildman–Crippen LogP) is 5.89. The van der Waals surface area contributed by atoms with Crippen LogP contribution in [-0.2, 0) is 11.4 Å². The minimum Gasteiger partial charge on any atom is -0.487 e. The average Bonchev–Trinajstić information content (AvgIpc) is 2.90. The largest absolute Gasteiger partial charge is 0.487 e. The molecule has 1 atom stereocenters. The lowest BCUT2D eigenvalue weighted by molar-refractivity contribution is -0.116. The molecule has 0 aliphatic carbocycles. The molecule has 1 aromatic heterocycles. The Labute approximate surface area is 210 Å². The number of nitrogens with one attached hydrogen (secondary N) is 1. The van der Waals surface area contributed by atoms with Crippen LogP contribution in [0.4, 0.5) is 0 Å². The molecular weight excluding hydrogens is 460 g/mol. The van der Waals surface area contributed by atoms with Crippen molar-refractivity contribution in [3.8, 4) is 5.75 Å². The van der Waals surface area contributed by atoms with Crippen LogP contribution < -0.4 is 10.1 Å². The monoisotopic (exact) mass is 486 g/mol. The van der Waals surface area contributed by atoms with Gasteiger partial charge in [-0.15, -0.1) is 0 Å². The van der Waals surface area contributed by atoms with E-state index in [9.17, 15) is 9.90 Å². The maximum Gasteiger partial charge on any atom is 0.252 e. The van der Waals surface area contributed by atoms with Gasteiger partial charge in [0.1, 0.15) is 12.4 Å². The van der Waals surface area contributed by atoms with Crippen LogP contribution in [-0.4, -0.2) is 28.6 Å². The Kier molecular flexibility index (Phi) is 8.14. The summed E-state index contributed by atoms with van der Waals surface area (Å²) in [6, 6.07) is 26.3. The number of ether oxygens (including phenoxy) is 1. The molecule has 0 fully saturated rings. The molecule has 3 aromatic carbocycles. The molecule has 4 aromatic rings. The SMILES string of the molecule is CCC(CO)NC(=O)C(=Cc1ccc(Cl)cc1)c1ccc(OCc2ccc3ccccc3n2)cc1. The van der Waals surface area contributed by atoms with Gasteiger partial charge in [-0.05, 0) is 60.0 Å². The van der Waals surface area contributed by atoms with E-state index >= 15 is 0 Å². The zero-order valence-corrected chi connectivity index (χ0v) is 20.2. The molecule has 0 aliphatic heterocycles. The highest BCUT2D eigenvalue weighted by molar-refractivity contribution is 6.30. The first-order valence-corrected chi connectivity index (χ1v) is 11.9. The maximum atomic E-state index is 13.1. The van der Waals surface area contributed by atoms with Gasteiger partial charge < -0.3 is 15.2 Å². The van der Waals surface area contributed by atoms with Gasteiger partial charge in [0.05, 0.1) is 23.9 Å². The van der Waals surface area contributed by atoms with E-state index in [2.05, 4.69) is 10.3 Å². The lowest BCUT2D eigenvalue weighted by Crippen LogP contribution is -2.37. The highest BCUT2D eigenvalue weighted by Gasteiger charge is 2.16. The van der Waals surface area contributed by atoms with Crippen LogP contribution in [0.5, 0.6) is 5.75 Å². The van der Waals surface area contributed by atoms with Gasteiger partial charge in [0.25, 0.3) is 5.91 Å². The number of hydrogen-bond donors (Lipinski definition) is 2. The second-order valence-corrected chi connectivity index (χ2v) is 8.62. The number of halogens is 1. The fourth-order valence-electron chi connectivity index (χ4n) is 3.62. The molecular formula is C29H27ClN2O3. The van der Waals surface area contributed by atoms with Crippen LogP contribution >= 0.6 is 11.6 Å². The number of benzene rings is 3. The first kappa shape index (κ1) is 24.5. The fraction of sp³-hybridized carbons (Fsp3) is 0.172. The third-order valence-corrected chi connectivity index (χ3v) is 5.93. The summed E-state index contributed by atoms with van der Waals surface area (Å²) >= 11 is 6.01. The number of aromatic nitrogens is 1. The number of nitrogens with zero attached hydrogens (tertiary/aromatic N) is 1. The second kappa shape index (κ2) is 11.6. The molecule has 6 heteroatoms. The van der Waals surface area contributed by atoms with Crippen molar-refractivity contribution in [2.75, 3.05) is 6.61 Å². The normalized spacial score (nSPS) is 12.4. The van der Waals surface area contributed by atoms with Crippen LogP contribution in [0.1, 0.15) is 30.2 Å². The molecule has 0 spiro atoms. The number of pyridine rings is 1. The van der Waals surface area contributed by atoms with Gasteiger partial charge in [0, 0.05) is 16.0 Å². The summed E-state index contributed by atoms with van der Waals surface area (Å²) in [4.78, 5) is 17.7. The summed E-state index contributed by atoms with van der Waals surface area (Å²) in [7, 11) is 0. The summed E-state index contributed by atoms with van der Waals surface area (Å²) in [6.07, 6.45) is 2.44. The number of rotatable bonds is 9. The van der Waals surface area contributed by atoms with Crippen molar-refractivity contribution in [2.45, 2.75) is 26.0 Å². The molecule has 2 N–H and O–H groups in total. The third kappa shape index (κ3) is 6.47. The van der Waals surface area contributed by atoms with Crippen molar-refractivity contribution < 1.29 is 14.6 Å². The van der Waals surface area contributed by atoms with Crippen molar-refractivity contribution in [3.05, 3.63) is 107 Å². The zero-order valence-electron chi connectivity index (χ0n) is 19.4. The van der Waals surface area contributed by atoms with Gasteiger partial charge >= 0.3 is 0 Å². The number of fused-ring (bicyclic) bond motifs is 1. The number of carbonyl (C=O) groups excluding carboxylic acids is 1. The molecule has 35 heavy (non-hydrogen) atoms. The lowest BCUT2D eigenvalue weighted by atomic mass is 10.0. The van der Waals surface area contributed by atoms with E-state index in [-0.39, 0.29) is 18.6 Å². The molecule has 178 valence electrons. The summed E-state index contributed by atoms with van der Waals surface area (Å²) in [5.74, 6) is 0.423. The Hall–Kier alpha value is -3.67. The van der Waals surface area contributed by atoms with Gasteiger partial charge in [-0.2, -0.15) is 0 Å². The van der Waals surface area contributed by atoms with Gasteiger partial charge in [0.15, 0.2) is 0 Å². The molecule has 0 bridgehead atoms. The predicted molar refractivity (Wildman–Crippen MR) is 141 cm³/mol.